The van der Waals surface area contributed by atoms with Crippen LogP contribution in [-0.4, -0.2) is 10.7 Å². The molecule has 0 aliphatic carbocycles. The maximum absolute atomic E-state index is 9.74. The van der Waals surface area contributed by atoms with E-state index in [0.717, 1.165) is 24.8 Å². The lowest BCUT2D eigenvalue weighted by Gasteiger charge is -1.88. The topological polar surface area (TPSA) is 43.1 Å². The number of hydrogen-bond donors (Lipinski definition) is 0. The Labute approximate surface area is 64.7 Å². The molecule has 0 aliphatic heterocycles. The summed E-state index contributed by atoms with van der Waals surface area (Å²) >= 11 is 1.48. The summed E-state index contributed by atoms with van der Waals surface area (Å²) in [5.74, 6) is 0.973. The van der Waals surface area contributed by atoms with E-state index < -0.39 is 4.92 Å². The van der Waals surface area contributed by atoms with Crippen molar-refractivity contribution in [3.8, 4) is 0 Å². The molecule has 0 fully saturated rings. The average molecular weight is 161 g/mol. The number of unbranched alkanes of at least 4 members (excludes halogenated alkanes) is 1. The lowest BCUT2D eigenvalue weighted by molar-refractivity contribution is -0.402. The maximum Gasteiger partial charge on any atom is 0.240 e. The van der Waals surface area contributed by atoms with Crippen molar-refractivity contribution < 1.29 is 4.92 Å². The minimum absolute atomic E-state index is 0.445. The first-order chi connectivity index (χ1) is 4.77. The van der Waals surface area contributed by atoms with Crippen LogP contribution in [-0.2, 0) is 0 Å². The summed E-state index contributed by atoms with van der Waals surface area (Å²) in [7, 11) is 0. The van der Waals surface area contributed by atoms with Gasteiger partial charge < -0.3 is 0 Å². The molecule has 58 valence electrons. The van der Waals surface area contributed by atoms with E-state index in [0.29, 0.717) is 0 Å². The number of hydrogen-bond acceptors (Lipinski definition) is 3. The monoisotopic (exact) mass is 161 g/mol. The molecule has 0 radical (unpaired) electrons. The molecule has 0 aromatic carbocycles. The number of nitro groups is 1. The molecule has 0 heterocycles. The molecule has 0 aliphatic rings. The van der Waals surface area contributed by atoms with Crippen LogP contribution in [0.2, 0.25) is 0 Å². The van der Waals surface area contributed by atoms with E-state index in [-0.39, 0.29) is 0 Å². The van der Waals surface area contributed by atoms with Crippen LogP contribution in [0.4, 0.5) is 0 Å². The Bertz CT molecular complexity index is 125. The van der Waals surface area contributed by atoms with E-state index in [4.69, 9.17) is 0 Å². The molecule has 0 aromatic rings. The molecule has 10 heavy (non-hydrogen) atoms. The molecule has 3 nitrogen and oxygen atoms in total. The van der Waals surface area contributed by atoms with Crippen LogP contribution in [0.25, 0.3) is 0 Å². The van der Waals surface area contributed by atoms with Gasteiger partial charge in [0.2, 0.25) is 6.20 Å². The van der Waals surface area contributed by atoms with Crippen molar-refractivity contribution in [2.75, 3.05) is 5.75 Å². The van der Waals surface area contributed by atoms with Crippen LogP contribution in [0.15, 0.2) is 11.6 Å². The maximum atomic E-state index is 9.74. The largest absolute Gasteiger partial charge is 0.259 e. The van der Waals surface area contributed by atoms with Gasteiger partial charge in [0.1, 0.15) is 0 Å². The summed E-state index contributed by atoms with van der Waals surface area (Å²) in [6.45, 7) is 2.10. The fourth-order valence-electron chi connectivity index (χ4n) is 0.388. The van der Waals surface area contributed by atoms with Crippen molar-refractivity contribution in [3.05, 3.63) is 21.7 Å². The molecule has 4 heteroatoms. The van der Waals surface area contributed by atoms with Gasteiger partial charge in [-0.25, -0.2) is 0 Å². The summed E-state index contributed by atoms with van der Waals surface area (Å²) < 4.78 is 0. The predicted molar refractivity (Wildman–Crippen MR) is 43.5 cm³/mol. The van der Waals surface area contributed by atoms with E-state index >= 15 is 0 Å². The Balaban J connectivity index is 3.10. The zero-order valence-electron chi connectivity index (χ0n) is 5.95. The highest BCUT2D eigenvalue weighted by Crippen LogP contribution is 2.04. The lowest BCUT2D eigenvalue weighted by atomic mass is 10.4. The van der Waals surface area contributed by atoms with Gasteiger partial charge in [0.15, 0.2) is 0 Å². The lowest BCUT2D eigenvalue weighted by Crippen LogP contribution is -1.81. The van der Waals surface area contributed by atoms with Gasteiger partial charge in [0.25, 0.3) is 0 Å². The standard InChI is InChI=1S/C6H11NO2S/c1-2-3-5-10-6-4-7(8)9/h4,6H,2-3,5H2,1H3. The molecule has 0 spiro atoms. The van der Waals surface area contributed by atoms with E-state index in [9.17, 15) is 10.1 Å². The third-order valence-corrected chi connectivity index (χ3v) is 1.73. The summed E-state index contributed by atoms with van der Waals surface area (Å²) in [6.07, 6.45) is 3.23. The second-order valence-electron chi connectivity index (χ2n) is 1.79. The highest BCUT2D eigenvalue weighted by molar-refractivity contribution is 8.02. The molecule has 0 atom stereocenters. The molecule has 0 saturated heterocycles. The first-order valence-electron chi connectivity index (χ1n) is 3.19. The first-order valence-corrected chi connectivity index (χ1v) is 4.24. The third-order valence-electron chi connectivity index (χ3n) is 0.895. The fourth-order valence-corrected chi connectivity index (χ4v) is 1.17. The van der Waals surface area contributed by atoms with E-state index in [1.165, 1.54) is 17.2 Å². The van der Waals surface area contributed by atoms with Crippen molar-refractivity contribution in [2.24, 2.45) is 0 Å². The molecule has 0 saturated carbocycles. The molecule has 0 unspecified atom stereocenters. The smallest absolute Gasteiger partial charge is 0.240 e. The van der Waals surface area contributed by atoms with Gasteiger partial charge in [0.05, 0.1) is 4.92 Å². The van der Waals surface area contributed by atoms with Crippen molar-refractivity contribution >= 4 is 11.8 Å². The minimum atomic E-state index is -0.445. The molecular formula is C6H11NO2S. The van der Waals surface area contributed by atoms with Crippen molar-refractivity contribution in [2.45, 2.75) is 19.8 Å². The molecule has 0 N–H and O–H groups in total. The highest BCUT2D eigenvalue weighted by atomic mass is 32.2. The molecular weight excluding hydrogens is 150 g/mol. The highest BCUT2D eigenvalue weighted by Gasteiger charge is 1.85. The van der Waals surface area contributed by atoms with Crippen LogP contribution in [0.1, 0.15) is 19.8 Å². The molecule has 0 aromatic heterocycles. The van der Waals surface area contributed by atoms with E-state index in [1.54, 1.807) is 0 Å². The van der Waals surface area contributed by atoms with Gasteiger partial charge in [-0.2, -0.15) is 0 Å². The van der Waals surface area contributed by atoms with Gasteiger partial charge in [-0.1, -0.05) is 13.3 Å². The summed E-state index contributed by atoms with van der Waals surface area (Å²) in [4.78, 5) is 9.29. The Hall–Kier alpha value is -0.510. The quantitative estimate of drug-likeness (QED) is 0.353. The van der Waals surface area contributed by atoms with E-state index in [1.807, 2.05) is 0 Å². The third kappa shape index (κ3) is 7.49. The van der Waals surface area contributed by atoms with Crippen molar-refractivity contribution in [3.63, 3.8) is 0 Å². The van der Waals surface area contributed by atoms with Gasteiger partial charge in [-0.3, -0.25) is 10.1 Å². The Morgan fingerprint density at radius 2 is 2.40 bits per heavy atom. The Morgan fingerprint density at radius 1 is 1.70 bits per heavy atom. The fraction of sp³-hybridized carbons (Fsp3) is 0.667. The van der Waals surface area contributed by atoms with Crippen LogP contribution < -0.4 is 0 Å². The molecule has 0 rings (SSSR count). The summed E-state index contributed by atoms with van der Waals surface area (Å²) in [5, 5.41) is 11.3. The van der Waals surface area contributed by atoms with Gasteiger partial charge in [-0.05, 0) is 12.2 Å². The second kappa shape index (κ2) is 6.61. The number of thioether (sulfide) groups is 1. The molecule has 0 amide bonds. The SMILES string of the molecule is CCCCSC=C[N+](=O)[O-]. The minimum Gasteiger partial charge on any atom is -0.259 e. The van der Waals surface area contributed by atoms with E-state index in [2.05, 4.69) is 6.92 Å². The second-order valence-corrected chi connectivity index (χ2v) is 2.81. The van der Waals surface area contributed by atoms with Gasteiger partial charge in [-0.15, -0.1) is 11.8 Å². The zero-order valence-corrected chi connectivity index (χ0v) is 6.76. The van der Waals surface area contributed by atoms with Gasteiger partial charge >= 0.3 is 0 Å². The summed E-state index contributed by atoms with van der Waals surface area (Å²) in [6, 6.07) is 0. The molecule has 0 bridgehead atoms. The first kappa shape index (κ1) is 9.49. The normalized spacial score (nSPS) is 10.5. The van der Waals surface area contributed by atoms with Crippen molar-refractivity contribution in [1.82, 2.24) is 0 Å². The van der Waals surface area contributed by atoms with Crippen LogP contribution in [0.3, 0.4) is 0 Å². The summed E-state index contributed by atoms with van der Waals surface area (Å²) in [5.41, 5.74) is 0. The number of rotatable bonds is 5. The van der Waals surface area contributed by atoms with Crippen LogP contribution >= 0.6 is 11.8 Å². The van der Waals surface area contributed by atoms with Crippen molar-refractivity contribution in [1.29, 1.82) is 0 Å². The van der Waals surface area contributed by atoms with Crippen LogP contribution in [0, 0.1) is 10.1 Å². The Kier molecular flexibility index (Phi) is 6.27. The zero-order chi connectivity index (χ0) is 7.82. The van der Waals surface area contributed by atoms with Gasteiger partial charge in [0, 0.05) is 5.41 Å². The Morgan fingerprint density at radius 3 is 2.90 bits per heavy atom. The predicted octanol–water partition coefficient (Wildman–Crippen LogP) is 2.27. The average Bonchev–Trinajstić information content (AvgIpc) is 1.87. The van der Waals surface area contributed by atoms with Crippen LogP contribution in [0.5, 0.6) is 0 Å². The number of nitrogens with zero attached hydrogens (tertiary/aromatic N) is 1.